The summed E-state index contributed by atoms with van der Waals surface area (Å²) in [6.45, 7) is 14.8. The van der Waals surface area contributed by atoms with Crippen LogP contribution in [-0.2, 0) is 0 Å². The molecule has 0 rings (SSSR count). The SMILES string of the molecule is CCN(CC)C(C)[O-].CCN(CC)C(C)[O-].[Ba+2]. The first-order valence-corrected chi connectivity index (χ1v) is 6.24. The van der Waals surface area contributed by atoms with Crippen LogP contribution in [0, 0.1) is 0 Å². The Balaban J connectivity index is -0.000000218. The van der Waals surface area contributed by atoms with Crippen LogP contribution < -0.4 is 10.2 Å². The van der Waals surface area contributed by atoms with E-state index in [2.05, 4.69) is 0 Å². The summed E-state index contributed by atoms with van der Waals surface area (Å²) >= 11 is 0. The van der Waals surface area contributed by atoms with Crippen molar-refractivity contribution in [2.24, 2.45) is 0 Å². The van der Waals surface area contributed by atoms with Crippen molar-refractivity contribution in [2.45, 2.75) is 54.0 Å². The van der Waals surface area contributed by atoms with Crippen molar-refractivity contribution >= 4 is 48.9 Å². The van der Waals surface area contributed by atoms with Crippen molar-refractivity contribution in [3.8, 4) is 0 Å². The summed E-state index contributed by atoms with van der Waals surface area (Å²) in [6, 6.07) is 0. The van der Waals surface area contributed by atoms with Gasteiger partial charge in [-0.3, -0.25) is 0 Å². The minimum Gasteiger partial charge on any atom is -0.841 e. The van der Waals surface area contributed by atoms with Crippen LogP contribution in [-0.4, -0.2) is 97.3 Å². The minimum atomic E-state index is -0.537. The van der Waals surface area contributed by atoms with Crippen molar-refractivity contribution in [3.05, 3.63) is 0 Å². The standard InChI is InChI=1S/2C6H14NO.Ba/c2*1-4-7(5-2)6(3)8;/h2*6H,4-5H2,1-3H3;/q2*-1;+2. The zero-order valence-corrected chi connectivity index (χ0v) is 16.8. The Morgan fingerprint density at radius 3 is 0.882 bits per heavy atom. The fourth-order valence-corrected chi connectivity index (χ4v) is 1.48. The van der Waals surface area contributed by atoms with Crippen molar-refractivity contribution in [1.29, 1.82) is 0 Å². The van der Waals surface area contributed by atoms with E-state index in [1.165, 1.54) is 0 Å². The number of nitrogens with zero attached hydrogens (tertiary/aromatic N) is 2. The van der Waals surface area contributed by atoms with Crippen molar-refractivity contribution < 1.29 is 10.2 Å². The molecule has 5 heteroatoms. The summed E-state index contributed by atoms with van der Waals surface area (Å²) in [5.41, 5.74) is 0. The summed E-state index contributed by atoms with van der Waals surface area (Å²) in [4.78, 5) is 3.72. The molecule has 0 amide bonds. The molecule has 2 atom stereocenters. The summed E-state index contributed by atoms with van der Waals surface area (Å²) in [5.74, 6) is 0. The molecule has 0 aromatic carbocycles. The van der Waals surface area contributed by atoms with Gasteiger partial charge >= 0.3 is 48.9 Å². The van der Waals surface area contributed by atoms with Crippen LogP contribution in [0.5, 0.6) is 0 Å². The second kappa shape index (κ2) is 15.5. The van der Waals surface area contributed by atoms with Crippen LogP contribution in [0.15, 0.2) is 0 Å². The predicted octanol–water partition coefficient (Wildman–Crippen LogP) is -0.312. The van der Waals surface area contributed by atoms with Crippen molar-refractivity contribution in [2.75, 3.05) is 26.2 Å². The van der Waals surface area contributed by atoms with E-state index < -0.39 is 12.5 Å². The molecule has 4 nitrogen and oxygen atoms in total. The third kappa shape index (κ3) is 13.6. The first-order chi connectivity index (χ1) is 7.44. The Kier molecular flexibility index (Phi) is 21.4. The van der Waals surface area contributed by atoms with E-state index in [-0.39, 0.29) is 48.9 Å². The number of hydrogen-bond acceptors (Lipinski definition) is 4. The van der Waals surface area contributed by atoms with Gasteiger partial charge in [0.05, 0.1) is 0 Å². The Morgan fingerprint density at radius 1 is 0.706 bits per heavy atom. The van der Waals surface area contributed by atoms with Gasteiger partial charge in [0.2, 0.25) is 0 Å². The van der Waals surface area contributed by atoms with Gasteiger partial charge in [-0.15, -0.1) is 0 Å². The molecule has 100 valence electrons. The maximum absolute atomic E-state index is 10.6. The Morgan fingerprint density at radius 2 is 0.882 bits per heavy atom. The normalized spacial score (nSPS) is 13.8. The molecule has 0 aromatic rings. The van der Waals surface area contributed by atoms with Gasteiger partial charge in [-0.25, -0.2) is 0 Å². The molecule has 0 bridgehead atoms. The Bertz CT molecular complexity index is 122. The molecular weight excluding hydrogens is 341 g/mol. The van der Waals surface area contributed by atoms with E-state index in [1.54, 1.807) is 13.8 Å². The average molecular weight is 370 g/mol. The van der Waals surface area contributed by atoms with Crippen molar-refractivity contribution in [1.82, 2.24) is 9.80 Å². The zero-order chi connectivity index (χ0) is 13.1. The van der Waals surface area contributed by atoms with Crippen LogP contribution in [0.3, 0.4) is 0 Å². The van der Waals surface area contributed by atoms with Gasteiger partial charge < -0.3 is 20.0 Å². The van der Waals surface area contributed by atoms with E-state index in [1.807, 2.05) is 37.5 Å². The zero-order valence-electron chi connectivity index (χ0n) is 12.4. The number of rotatable bonds is 6. The first-order valence-electron chi connectivity index (χ1n) is 6.24. The predicted molar refractivity (Wildman–Crippen MR) is 70.5 cm³/mol. The fraction of sp³-hybridized carbons (Fsp3) is 1.00. The summed E-state index contributed by atoms with van der Waals surface area (Å²) < 4.78 is 0. The third-order valence-corrected chi connectivity index (χ3v) is 2.65. The van der Waals surface area contributed by atoms with E-state index >= 15 is 0 Å². The van der Waals surface area contributed by atoms with Gasteiger partial charge in [0, 0.05) is 0 Å². The molecule has 0 aliphatic carbocycles. The second-order valence-corrected chi connectivity index (χ2v) is 3.64. The number of hydrogen-bond donors (Lipinski definition) is 0. The molecule has 0 aliphatic heterocycles. The Labute approximate surface area is 147 Å². The average Bonchev–Trinajstić information content (AvgIpc) is 2.21. The van der Waals surface area contributed by atoms with Crippen molar-refractivity contribution in [3.63, 3.8) is 0 Å². The molecular formula is C12H28BaN2O2. The van der Waals surface area contributed by atoms with Crippen LogP contribution in [0.25, 0.3) is 0 Å². The van der Waals surface area contributed by atoms with Gasteiger partial charge in [-0.05, 0) is 26.2 Å². The van der Waals surface area contributed by atoms with Crippen LogP contribution in [0.4, 0.5) is 0 Å². The maximum atomic E-state index is 10.6. The van der Waals surface area contributed by atoms with Gasteiger partial charge in [0.15, 0.2) is 0 Å². The van der Waals surface area contributed by atoms with Crippen LogP contribution in [0.1, 0.15) is 41.5 Å². The molecule has 2 unspecified atom stereocenters. The summed E-state index contributed by atoms with van der Waals surface area (Å²) in [5, 5.41) is 21.2. The maximum Gasteiger partial charge on any atom is 2.00 e. The molecule has 0 saturated heterocycles. The minimum absolute atomic E-state index is 0. The molecule has 17 heavy (non-hydrogen) atoms. The van der Waals surface area contributed by atoms with Gasteiger partial charge in [-0.2, -0.15) is 0 Å². The van der Waals surface area contributed by atoms with E-state index in [0.717, 1.165) is 26.2 Å². The van der Waals surface area contributed by atoms with Crippen LogP contribution in [0.2, 0.25) is 0 Å². The molecule has 0 aromatic heterocycles. The largest absolute Gasteiger partial charge is 2.00 e. The molecule has 0 radical (unpaired) electrons. The fourth-order valence-electron chi connectivity index (χ4n) is 1.48. The topological polar surface area (TPSA) is 52.6 Å². The summed E-state index contributed by atoms with van der Waals surface area (Å²) in [7, 11) is 0. The van der Waals surface area contributed by atoms with Gasteiger partial charge in [0.25, 0.3) is 0 Å². The van der Waals surface area contributed by atoms with E-state index in [4.69, 9.17) is 0 Å². The Hall–Kier alpha value is 1.41. The van der Waals surface area contributed by atoms with E-state index in [9.17, 15) is 10.2 Å². The quantitative estimate of drug-likeness (QED) is 0.476. The molecule has 0 fully saturated rings. The van der Waals surface area contributed by atoms with Gasteiger partial charge in [-0.1, -0.05) is 54.0 Å². The first kappa shape index (κ1) is 23.5. The second-order valence-electron chi connectivity index (χ2n) is 3.64. The third-order valence-electron chi connectivity index (χ3n) is 2.65. The van der Waals surface area contributed by atoms with Crippen LogP contribution >= 0.6 is 0 Å². The molecule has 0 aliphatic rings. The van der Waals surface area contributed by atoms with Gasteiger partial charge in [0.1, 0.15) is 0 Å². The molecule has 0 N–H and O–H groups in total. The smallest absolute Gasteiger partial charge is 0.841 e. The molecule has 0 heterocycles. The molecule has 0 saturated carbocycles. The molecule has 0 spiro atoms. The van der Waals surface area contributed by atoms with E-state index in [0.29, 0.717) is 0 Å². The monoisotopic (exact) mass is 370 g/mol. The summed E-state index contributed by atoms with van der Waals surface area (Å²) in [6.07, 6.45) is -1.07.